The van der Waals surface area contributed by atoms with Crippen LogP contribution in [0.4, 0.5) is 48.3 Å². The molecule has 0 heterocycles. The lowest BCUT2D eigenvalue weighted by atomic mass is 9.70. The first-order valence-corrected chi connectivity index (χ1v) is 10.8. The average molecular weight is 506 g/mol. The van der Waals surface area contributed by atoms with Crippen molar-refractivity contribution in [3.8, 4) is 0 Å². The predicted octanol–water partition coefficient (Wildman–Crippen LogP) is 6.52. The van der Waals surface area contributed by atoms with Crippen LogP contribution >= 0.6 is 0 Å². The lowest BCUT2D eigenvalue weighted by molar-refractivity contribution is -0.352. The van der Waals surface area contributed by atoms with Crippen LogP contribution in [0, 0.1) is 17.8 Å². The van der Waals surface area contributed by atoms with Crippen LogP contribution in [0.1, 0.15) is 44.9 Å². The molecule has 3 fully saturated rings. The highest BCUT2D eigenvalue weighted by Gasteiger charge is 2.57. The zero-order chi connectivity index (χ0) is 24.7. The normalized spacial score (nSPS) is 45.7. The fourth-order valence-electron chi connectivity index (χ4n) is 5.42. The Morgan fingerprint density at radius 3 is 1.61 bits per heavy atom. The smallest absolute Gasteiger partial charge is 0.317 e. The first-order valence-electron chi connectivity index (χ1n) is 10.8. The first-order chi connectivity index (χ1) is 15.2. The van der Waals surface area contributed by atoms with Crippen LogP contribution in [0.15, 0.2) is 0 Å². The first kappa shape index (κ1) is 26.7. The summed E-state index contributed by atoms with van der Waals surface area (Å²) in [6, 6.07) is 0. The van der Waals surface area contributed by atoms with Gasteiger partial charge in [-0.1, -0.05) is 0 Å². The third-order valence-corrected chi connectivity index (χ3v) is 6.85. The van der Waals surface area contributed by atoms with Crippen molar-refractivity contribution in [3.05, 3.63) is 0 Å². The van der Waals surface area contributed by atoms with E-state index in [9.17, 15) is 48.3 Å². The van der Waals surface area contributed by atoms with E-state index in [2.05, 4.69) is 9.47 Å². The van der Waals surface area contributed by atoms with E-state index in [1.54, 1.807) is 0 Å². The fraction of sp³-hybridized carbons (Fsp3) is 1.00. The van der Waals surface area contributed by atoms with Gasteiger partial charge in [-0.05, 0) is 25.2 Å². The summed E-state index contributed by atoms with van der Waals surface area (Å²) in [4.78, 5) is 0. The van der Waals surface area contributed by atoms with Gasteiger partial charge in [0.05, 0.1) is 12.2 Å². The lowest BCUT2D eigenvalue weighted by Crippen LogP contribution is -2.52. The van der Waals surface area contributed by atoms with Crippen molar-refractivity contribution in [2.24, 2.45) is 17.8 Å². The molecular weight excluding hydrogens is 481 g/mol. The van der Waals surface area contributed by atoms with Crippen LogP contribution in [0.25, 0.3) is 0 Å². The molecule has 0 amide bonds. The Morgan fingerprint density at radius 1 is 0.576 bits per heavy atom. The molecule has 3 saturated carbocycles. The molecule has 7 unspecified atom stereocenters. The largest absolute Gasteiger partial charge is 0.522 e. The van der Waals surface area contributed by atoms with Gasteiger partial charge in [0.25, 0.3) is 0 Å². The van der Waals surface area contributed by atoms with Crippen LogP contribution < -0.4 is 0 Å². The Kier molecular flexibility index (Phi) is 8.13. The number of hydrogen-bond acceptors (Lipinski definition) is 2. The minimum absolute atomic E-state index is 0.159. The molecule has 33 heavy (non-hydrogen) atoms. The average Bonchev–Trinajstić information content (AvgIpc) is 2.60. The molecule has 0 spiro atoms. The van der Waals surface area contributed by atoms with Crippen LogP contribution in [-0.2, 0) is 9.47 Å². The quantitative estimate of drug-likeness (QED) is 0.396. The number of alkyl halides is 11. The summed E-state index contributed by atoms with van der Waals surface area (Å²) in [6.45, 7) is 0. The van der Waals surface area contributed by atoms with Gasteiger partial charge in [0, 0.05) is 31.6 Å². The van der Waals surface area contributed by atoms with Gasteiger partial charge in [-0.15, -0.1) is 13.2 Å². The Hall–Kier alpha value is -0.850. The van der Waals surface area contributed by atoms with Crippen molar-refractivity contribution < 1.29 is 57.8 Å². The summed E-state index contributed by atoms with van der Waals surface area (Å²) in [5.74, 6) is -5.05. The van der Waals surface area contributed by atoms with Gasteiger partial charge in [-0.3, -0.25) is 4.74 Å². The number of halogens is 11. The summed E-state index contributed by atoms with van der Waals surface area (Å²) in [7, 11) is 0. The molecule has 0 N–H and O–H groups in total. The molecule has 0 aliphatic heterocycles. The predicted molar refractivity (Wildman–Crippen MR) is 92.9 cm³/mol. The molecular formula is C20H25F11O2. The van der Waals surface area contributed by atoms with Crippen LogP contribution in [0.5, 0.6) is 0 Å². The molecule has 0 aromatic heterocycles. The maximum atomic E-state index is 14.8. The van der Waals surface area contributed by atoms with E-state index in [0.717, 1.165) is 0 Å². The molecule has 0 aromatic carbocycles. The highest BCUT2D eigenvalue weighted by atomic mass is 19.4. The number of rotatable bonds is 5. The summed E-state index contributed by atoms with van der Waals surface area (Å²) < 4.78 is 159. The topological polar surface area (TPSA) is 18.5 Å². The third-order valence-electron chi connectivity index (χ3n) is 6.85. The SMILES string of the molecule is FC1CC(F)C(C(F)(F)OC2CC(F)C(C3CCC(OC(F)(F)F)C(F)C3)C(F)C2)C(F)C1. The second kappa shape index (κ2) is 10.0. The highest BCUT2D eigenvalue weighted by molar-refractivity contribution is 4.96. The van der Waals surface area contributed by atoms with Crippen LogP contribution in [-0.4, -0.2) is 61.7 Å². The van der Waals surface area contributed by atoms with E-state index in [1.165, 1.54) is 0 Å². The van der Waals surface area contributed by atoms with E-state index in [0.29, 0.717) is 0 Å². The van der Waals surface area contributed by atoms with Gasteiger partial charge in [-0.2, -0.15) is 8.78 Å². The lowest BCUT2D eigenvalue weighted by Gasteiger charge is -2.43. The standard InChI is InChI=1S/C20H25F11O2/c21-9-4-14(25)18(15(26)5-9)19(27,28)32-10-6-12(23)17(13(24)7-10)8-1-2-16(11(22)3-8)33-20(29,30)31/h8-18H,1-7H2. The molecule has 3 rings (SSSR count). The molecule has 13 heteroatoms. The molecule has 3 aliphatic rings. The second-order valence-electron chi connectivity index (χ2n) is 9.20. The molecule has 0 bridgehead atoms. The Bertz CT molecular complexity index is 624. The van der Waals surface area contributed by atoms with Gasteiger partial charge >= 0.3 is 12.5 Å². The van der Waals surface area contributed by atoms with E-state index in [1.807, 2.05) is 0 Å². The molecule has 0 aromatic rings. The molecule has 3 aliphatic carbocycles. The van der Waals surface area contributed by atoms with Gasteiger partial charge in [0.2, 0.25) is 0 Å². The number of ether oxygens (including phenoxy) is 2. The molecule has 0 radical (unpaired) electrons. The Balaban J connectivity index is 1.59. The van der Waals surface area contributed by atoms with Gasteiger partial charge in [-0.25, -0.2) is 26.3 Å². The minimum Gasteiger partial charge on any atom is -0.317 e. The summed E-state index contributed by atoms with van der Waals surface area (Å²) in [6.07, 6.45) is -30.9. The maximum Gasteiger partial charge on any atom is 0.522 e. The molecule has 0 saturated heterocycles. The van der Waals surface area contributed by atoms with Crippen molar-refractivity contribution in [1.82, 2.24) is 0 Å². The minimum atomic E-state index is -5.06. The van der Waals surface area contributed by atoms with Crippen LogP contribution in [0.3, 0.4) is 0 Å². The van der Waals surface area contributed by atoms with E-state index in [-0.39, 0.29) is 6.42 Å². The van der Waals surface area contributed by atoms with Crippen molar-refractivity contribution >= 4 is 0 Å². The molecule has 7 atom stereocenters. The third kappa shape index (κ3) is 6.43. The monoisotopic (exact) mass is 506 g/mol. The fourth-order valence-corrected chi connectivity index (χ4v) is 5.42. The summed E-state index contributed by atoms with van der Waals surface area (Å²) in [5, 5.41) is 0. The summed E-state index contributed by atoms with van der Waals surface area (Å²) in [5.41, 5.74) is 0. The molecule has 2 nitrogen and oxygen atoms in total. The summed E-state index contributed by atoms with van der Waals surface area (Å²) >= 11 is 0. The Morgan fingerprint density at radius 2 is 1.12 bits per heavy atom. The zero-order valence-corrected chi connectivity index (χ0v) is 17.3. The van der Waals surface area contributed by atoms with Crippen molar-refractivity contribution in [2.75, 3.05) is 0 Å². The highest BCUT2D eigenvalue weighted by Crippen LogP contribution is 2.47. The van der Waals surface area contributed by atoms with Gasteiger partial charge in [0.1, 0.15) is 42.9 Å². The van der Waals surface area contributed by atoms with Gasteiger partial charge < -0.3 is 4.74 Å². The number of hydrogen-bond donors (Lipinski definition) is 0. The van der Waals surface area contributed by atoms with Crippen LogP contribution in [0.2, 0.25) is 0 Å². The molecule has 194 valence electrons. The van der Waals surface area contributed by atoms with E-state index in [4.69, 9.17) is 0 Å². The Labute approximate surface area is 183 Å². The van der Waals surface area contributed by atoms with E-state index >= 15 is 0 Å². The zero-order valence-electron chi connectivity index (χ0n) is 17.3. The van der Waals surface area contributed by atoms with Gasteiger partial charge in [0.15, 0.2) is 0 Å². The second-order valence-corrected chi connectivity index (χ2v) is 9.20. The van der Waals surface area contributed by atoms with E-state index < -0.39 is 118 Å². The van der Waals surface area contributed by atoms with Crippen molar-refractivity contribution in [2.45, 2.75) is 107 Å². The van der Waals surface area contributed by atoms with Crippen molar-refractivity contribution in [1.29, 1.82) is 0 Å². The maximum absolute atomic E-state index is 14.8. The van der Waals surface area contributed by atoms with Crippen molar-refractivity contribution in [3.63, 3.8) is 0 Å².